The highest BCUT2D eigenvalue weighted by Crippen LogP contribution is 2.31. The molecule has 0 radical (unpaired) electrons. The Balaban J connectivity index is 1.13. The smallest absolute Gasteiger partial charge is 0.0656 e. The van der Waals surface area contributed by atoms with E-state index in [4.69, 9.17) is 0 Å². The van der Waals surface area contributed by atoms with Gasteiger partial charge in [-0.15, -0.1) is 0 Å². The number of fused-ring (bicyclic) bond motifs is 2. The van der Waals surface area contributed by atoms with Gasteiger partial charge in [0.05, 0.1) is 5.69 Å². The molecular formula is C24H34N4. The summed E-state index contributed by atoms with van der Waals surface area (Å²) >= 11 is 0. The zero-order valence-corrected chi connectivity index (χ0v) is 17.2. The summed E-state index contributed by atoms with van der Waals surface area (Å²) in [4.78, 5) is 5.31. The third kappa shape index (κ3) is 3.71. The third-order valence-electron chi connectivity index (χ3n) is 7.11. The lowest BCUT2D eigenvalue weighted by atomic mass is 9.90. The van der Waals surface area contributed by atoms with Crippen molar-refractivity contribution in [2.45, 2.75) is 64.2 Å². The van der Waals surface area contributed by atoms with E-state index in [1.807, 2.05) is 0 Å². The molecule has 2 aliphatic carbocycles. The molecule has 5 rings (SSSR count). The average molecular weight is 379 g/mol. The zero-order chi connectivity index (χ0) is 18.8. The summed E-state index contributed by atoms with van der Waals surface area (Å²) in [5.74, 6) is 0. The number of aromatic amines is 1. The Bertz CT molecular complexity index is 801. The van der Waals surface area contributed by atoms with Gasteiger partial charge in [-0.05, 0) is 93.5 Å². The van der Waals surface area contributed by atoms with E-state index in [-0.39, 0.29) is 0 Å². The van der Waals surface area contributed by atoms with Crippen molar-refractivity contribution in [3.63, 3.8) is 0 Å². The molecule has 0 spiro atoms. The van der Waals surface area contributed by atoms with Crippen LogP contribution < -0.4 is 4.90 Å². The van der Waals surface area contributed by atoms with Crippen LogP contribution >= 0.6 is 0 Å². The third-order valence-corrected chi connectivity index (χ3v) is 7.11. The summed E-state index contributed by atoms with van der Waals surface area (Å²) in [6.45, 7) is 5.97. The molecule has 0 bridgehead atoms. The van der Waals surface area contributed by atoms with Crippen LogP contribution in [0.5, 0.6) is 0 Å². The van der Waals surface area contributed by atoms with Crippen molar-refractivity contribution < 1.29 is 0 Å². The molecular weight excluding hydrogens is 344 g/mol. The van der Waals surface area contributed by atoms with E-state index >= 15 is 0 Å². The summed E-state index contributed by atoms with van der Waals surface area (Å²) in [5, 5.41) is 7.89. The number of piperazine rings is 1. The van der Waals surface area contributed by atoms with Crippen molar-refractivity contribution in [3.05, 3.63) is 46.3 Å². The summed E-state index contributed by atoms with van der Waals surface area (Å²) in [6.07, 6.45) is 12.8. The molecule has 3 aliphatic rings. The van der Waals surface area contributed by atoms with Crippen molar-refractivity contribution in [3.8, 4) is 0 Å². The van der Waals surface area contributed by atoms with Crippen molar-refractivity contribution in [1.29, 1.82) is 0 Å². The molecule has 4 heteroatoms. The number of nitrogens with zero attached hydrogens (tertiary/aromatic N) is 3. The van der Waals surface area contributed by atoms with Gasteiger partial charge in [0.2, 0.25) is 0 Å². The Morgan fingerprint density at radius 1 is 0.857 bits per heavy atom. The molecule has 0 amide bonds. The second-order valence-electron chi connectivity index (χ2n) is 8.89. The van der Waals surface area contributed by atoms with Crippen LogP contribution in [-0.4, -0.2) is 47.8 Å². The summed E-state index contributed by atoms with van der Waals surface area (Å²) in [6, 6.07) is 6.99. The van der Waals surface area contributed by atoms with Gasteiger partial charge in [0, 0.05) is 37.6 Å². The average Bonchev–Trinajstić information content (AvgIpc) is 3.17. The second kappa shape index (κ2) is 8.28. The molecule has 1 N–H and O–H groups in total. The number of aryl methyl sites for hydroxylation is 3. The number of hydrogen-bond donors (Lipinski definition) is 1. The van der Waals surface area contributed by atoms with E-state index < -0.39 is 0 Å². The van der Waals surface area contributed by atoms with Gasteiger partial charge in [-0.2, -0.15) is 5.10 Å². The van der Waals surface area contributed by atoms with Crippen LogP contribution in [0, 0.1) is 0 Å². The van der Waals surface area contributed by atoms with E-state index in [0.717, 1.165) is 6.42 Å². The van der Waals surface area contributed by atoms with Crippen LogP contribution in [0.1, 0.15) is 60.2 Å². The molecule has 0 atom stereocenters. The van der Waals surface area contributed by atoms with Gasteiger partial charge in [0.1, 0.15) is 0 Å². The first-order valence-electron chi connectivity index (χ1n) is 11.5. The summed E-state index contributed by atoms with van der Waals surface area (Å²) in [5.41, 5.74) is 9.09. The minimum absolute atomic E-state index is 1.16. The van der Waals surface area contributed by atoms with E-state index in [9.17, 15) is 0 Å². The second-order valence-corrected chi connectivity index (χ2v) is 8.89. The van der Waals surface area contributed by atoms with Crippen LogP contribution in [-0.2, 0) is 32.1 Å². The molecule has 1 aliphatic heterocycles. The van der Waals surface area contributed by atoms with E-state index in [1.54, 1.807) is 16.7 Å². The maximum absolute atomic E-state index is 4.56. The van der Waals surface area contributed by atoms with Gasteiger partial charge in [0.15, 0.2) is 0 Å². The van der Waals surface area contributed by atoms with Gasteiger partial charge >= 0.3 is 0 Å². The lowest BCUT2D eigenvalue weighted by Gasteiger charge is -2.38. The first-order chi connectivity index (χ1) is 13.9. The molecule has 1 aromatic heterocycles. The molecule has 1 saturated heterocycles. The fourth-order valence-corrected chi connectivity index (χ4v) is 5.50. The standard InChI is InChI=1S/C24H34N4/c1-2-9-20-19(7-1)8-5-13-24(20)28-17-15-27(16-18-28)14-6-12-23-21-10-3-4-11-22(21)25-26-23/h5,8,13H,1-4,6-7,9-12,14-18H2,(H,25,26). The van der Waals surface area contributed by atoms with Crippen molar-refractivity contribution in [2.24, 2.45) is 0 Å². The lowest BCUT2D eigenvalue weighted by Crippen LogP contribution is -2.47. The molecule has 0 unspecified atom stereocenters. The monoisotopic (exact) mass is 378 g/mol. The molecule has 2 aromatic rings. The zero-order valence-electron chi connectivity index (χ0n) is 17.2. The van der Waals surface area contributed by atoms with Crippen LogP contribution in [0.25, 0.3) is 0 Å². The fourth-order valence-electron chi connectivity index (χ4n) is 5.50. The van der Waals surface area contributed by atoms with Gasteiger partial charge in [0.25, 0.3) is 0 Å². The van der Waals surface area contributed by atoms with Gasteiger partial charge in [-0.1, -0.05) is 12.1 Å². The first-order valence-corrected chi connectivity index (χ1v) is 11.5. The summed E-state index contributed by atoms with van der Waals surface area (Å²) in [7, 11) is 0. The van der Waals surface area contributed by atoms with Crippen molar-refractivity contribution >= 4 is 5.69 Å². The van der Waals surface area contributed by atoms with Gasteiger partial charge in [-0.3, -0.25) is 10.00 Å². The lowest BCUT2D eigenvalue weighted by molar-refractivity contribution is 0.254. The maximum atomic E-state index is 4.56. The van der Waals surface area contributed by atoms with Gasteiger partial charge < -0.3 is 4.90 Å². The largest absolute Gasteiger partial charge is 0.369 e. The highest BCUT2D eigenvalue weighted by molar-refractivity contribution is 5.58. The Morgan fingerprint density at radius 2 is 1.64 bits per heavy atom. The number of benzene rings is 1. The number of anilines is 1. The highest BCUT2D eigenvalue weighted by Gasteiger charge is 2.22. The van der Waals surface area contributed by atoms with Crippen LogP contribution in [0.3, 0.4) is 0 Å². The van der Waals surface area contributed by atoms with E-state index in [1.165, 1.54) is 108 Å². The minimum atomic E-state index is 1.16. The molecule has 0 saturated carbocycles. The number of rotatable bonds is 5. The molecule has 4 nitrogen and oxygen atoms in total. The fraction of sp³-hybridized carbons (Fsp3) is 0.625. The topological polar surface area (TPSA) is 35.2 Å². The molecule has 1 aromatic carbocycles. The van der Waals surface area contributed by atoms with Crippen LogP contribution in [0.2, 0.25) is 0 Å². The van der Waals surface area contributed by atoms with E-state index in [2.05, 4.69) is 38.2 Å². The Labute approximate surface area is 169 Å². The number of hydrogen-bond acceptors (Lipinski definition) is 3. The predicted molar refractivity (Wildman–Crippen MR) is 115 cm³/mol. The Morgan fingerprint density at radius 3 is 2.54 bits per heavy atom. The number of aromatic nitrogens is 2. The molecule has 28 heavy (non-hydrogen) atoms. The maximum Gasteiger partial charge on any atom is 0.0656 e. The van der Waals surface area contributed by atoms with Crippen molar-refractivity contribution in [1.82, 2.24) is 15.1 Å². The Hall–Kier alpha value is -1.81. The van der Waals surface area contributed by atoms with Gasteiger partial charge in [-0.25, -0.2) is 0 Å². The van der Waals surface area contributed by atoms with Crippen LogP contribution in [0.15, 0.2) is 18.2 Å². The summed E-state index contributed by atoms with van der Waals surface area (Å²) < 4.78 is 0. The first kappa shape index (κ1) is 18.2. The number of nitrogens with one attached hydrogen (secondary N) is 1. The normalized spacial score (nSPS) is 20.1. The Kier molecular flexibility index (Phi) is 5.39. The molecule has 150 valence electrons. The molecule has 2 heterocycles. The van der Waals surface area contributed by atoms with Crippen molar-refractivity contribution in [2.75, 3.05) is 37.6 Å². The predicted octanol–water partition coefficient (Wildman–Crippen LogP) is 3.92. The highest BCUT2D eigenvalue weighted by atomic mass is 15.3. The minimum Gasteiger partial charge on any atom is -0.369 e. The van der Waals surface area contributed by atoms with E-state index in [0.29, 0.717) is 0 Å². The van der Waals surface area contributed by atoms with Crippen LogP contribution in [0.4, 0.5) is 5.69 Å². The quantitative estimate of drug-likeness (QED) is 0.856. The molecule has 1 fully saturated rings. The SMILES string of the molecule is c1cc2c(c(N3CCN(CCCc4[nH]nc5c4CCCC5)CC3)c1)CCCC2. The number of H-pyrrole nitrogens is 1.